The molecule has 1 aliphatic heterocycles. The van der Waals surface area contributed by atoms with Gasteiger partial charge in [-0.2, -0.15) is 0 Å². The van der Waals surface area contributed by atoms with Crippen molar-refractivity contribution in [3.63, 3.8) is 0 Å². The van der Waals surface area contributed by atoms with E-state index in [0.717, 1.165) is 6.54 Å². The number of rotatable bonds is 2. The zero-order valence-corrected chi connectivity index (χ0v) is 9.26. The van der Waals surface area contributed by atoms with Crippen molar-refractivity contribution in [3.05, 3.63) is 24.0 Å². The lowest BCUT2D eigenvalue weighted by atomic mass is 10.0. The number of nitrogens with zero attached hydrogens (tertiary/aromatic N) is 1. The van der Waals surface area contributed by atoms with Gasteiger partial charge in [0.1, 0.15) is 5.75 Å². The Morgan fingerprint density at radius 3 is 3.06 bits per heavy atom. The van der Waals surface area contributed by atoms with Gasteiger partial charge in [0.05, 0.1) is 23.9 Å². The fraction of sp³-hybridized carbons (Fsp3) is 0.455. The number of amides is 1. The number of aromatic hydroxyl groups is 1. The predicted octanol–water partition coefficient (Wildman–Crippen LogP) is -0.760. The van der Waals surface area contributed by atoms with E-state index in [1.807, 2.05) is 0 Å². The molecule has 0 saturated carbocycles. The Hall–Kier alpha value is -1.66. The molecule has 92 valence electrons. The number of carbonyl (C=O) groups is 1. The molecule has 1 saturated heterocycles. The maximum atomic E-state index is 11.8. The van der Waals surface area contributed by atoms with Crippen molar-refractivity contribution in [3.8, 4) is 5.75 Å². The van der Waals surface area contributed by atoms with Gasteiger partial charge in [-0.1, -0.05) is 0 Å². The summed E-state index contributed by atoms with van der Waals surface area (Å²) in [7, 11) is 0. The molecule has 0 unspecified atom stereocenters. The molecular weight excluding hydrogens is 222 g/mol. The Balaban J connectivity index is 2.01. The maximum absolute atomic E-state index is 11.8. The van der Waals surface area contributed by atoms with Crippen LogP contribution in [-0.4, -0.2) is 46.3 Å². The average Bonchev–Trinajstić information content (AvgIpc) is 2.32. The highest BCUT2D eigenvalue weighted by Gasteiger charge is 2.24. The molecule has 1 amide bonds. The molecule has 1 aromatic rings. The molecule has 17 heavy (non-hydrogen) atoms. The van der Waals surface area contributed by atoms with Crippen LogP contribution in [0.2, 0.25) is 0 Å². The second-order valence-electron chi connectivity index (χ2n) is 4.07. The number of aromatic nitrogens is 1. The van der Waals surface area contributed by atoms with E-state index in [0.29, 0.717) is 13.0 Å². The Labute approximate surface area is 98.7 Å². The van der Waals surface area contributed by atoms with Crippen molar-refractivity contribution in [2.75, 3.05) is 13.1 Å². The van der Waals surface area contributed by atoms with Gasteiger partial charge in [0, 0.05) is 12.7 Å². The third-order valence-electron chi connectivity index (χ3n) is 2.75. The van der Waals surface area contributed by atoms with E-state index in [1.165, 1.54) is 18.5 Å². The van der Waals surface area contributed by atoms with Crippen LogP contribution >= 0.6 is 0 Å². The molecule has 2 heterocycles. The van der Waals surface area contributed by atoms with E-state index in [9.17, 15) is 15.0 Å². The number of aliphatic hydroxyl groups excluding tert-OH is 1. The second-order valence-corrected chi connectivity index (χ2v) is 4.07. The fourth-order valence-electron chi connectivity index (χ4n) is 1.81. The van der Waals surface area contributed by atoms with Crippen LogP contribution < -0.4 is 10.6 Å². The largest absolute Gasteiger partial charge is 0.506 e. The van der Waals surface area contributed by atoms with E-state index in [-0.39, 0.29) is 23.3 Å². The Morgan fingerprint density at radius 2 is 2.35 bits per heavy atom. The molecule has 0 spiro atoms. The minimum atomic E-state index is -0.585. The number of piperidine rings is 1. The monoisotopic (exact) mass is 237 g/mol. The van der Waals surface area contributed by atoms with E-state index in [2.05, 4.69) is 15.6 Å². The van der Waals surface area contributed by atoms with Gasteiger partial charge < -0.3 is 20.8 Å². The lowest BCUT2D eigenvalue weighted by Gasteiger charge is -2.29. The molecule has 4 N–H and O–H groups in total. The number of pyridine rings is 1. The van der Waals surface area contributed by atoms with Crippen LogP contribution in [0.3, 0.4) is 0 Å². The SMILES string of the molecule is O=C(N[C@@H]1CCNC[C@H]1O)c1cncc(O)c1. The minimum absolute atomic E-state index is 0.0523. The number of hydrogen-bond donors (Lipinski definition) is 4. The average molecular weight is 237 g/mol. The highest BCUT2D eigenvalue weighted by molar-refractivity contribution is 5.94. The number of β-amino-alcohol motifs (C(OH)–C–C–N with tert-alkyl or cyclic N) is 1. The van der Waals surface area contributed by atoms with Gasteiger partial charge in [-0.25, -0.2) is 0 Å². The number of carbonyl (C=O) groups excluding carboxylic acids is 1. The Bertz CT molecular complexity index is 411. The van der Waals surface area contributed by atoms with Crippen molar-refractivity contribution in [1.29, 1.82) is 0 Å². The van der Waals surface area contributed by atoms with Gasteiger partial charge in [-0.3, -0.25) is 9.78 Å². The van der Waals surface area contributed by atoms with Crippen LogP contribution in [0.15, 0.2) is 18.5 Å². The summed E-state index contributed by atoms with van der Waals surface area (Å²) in [5, 5.41) is 24.7. The van der Waals surface area contributed by atoms with Gasteiger partial charge in [0.2, 0.25) is 0 Å². The molecular formula is C11H15N3O3. The molecule has 2 rings (SSSR count). The molecule has 0 bridgehead atoms. The van der Waals surface area contributed by atoms with Crippen molar-refractivity contribution < 1.29 is 15.0 Å². The predicted molar refractivity (Wildman–Crippen MR) is 60.6 cm³/mol. The zero-order valence-electron chi connectivity index (χ0n) is 9.26. The Kier molecular flexibility index (Phi) is 3.55. The molecule has 0 radical (unpaired) electrons. The van der Waals surface area contributed by atoms with E-state index in [4.69, 9.17) is 0 Å². The van der Waals surface area contributed by atoms with Crippen molar-refractivity contribution in [2.24, 2.45) is 0 Å². The van der Waals surface area contributed by atoms with Gasteiger partial charge in [0.15, 0.2) is 0 Å². The molecule has 0 aromatic carbocycles. The zero-order chi connectivity index (χ0) is 12.3. The van der Waals surface area contributed by atoms with Crippen molar-refractivity contribution in [2.45, 2.75) is 18.6 Å². The normalized spacial score (nSPS) is 24.3. The first-order valence-electron chi connectivity index (χ1n) is 5.50. The third-order valence-corrected chi connectivity index (χ3v) is 2.75. The van der Waals surface area contributed by atoms with Crippen LogP contribution in [0, 0.1) is 0 Å². The van der Waals surface area contributed by atoms with Gasteiger partial charge in [-0.05, 0) is 19.0 Å². The molecule has 6 nitrogen and oxygen atoms in total. The summed E-state index contributed by atoms with van der Waals surface area (Å²) in [6.07, 6.45) is 2.73. The third kappa shape index (κ3) is 2.92. The van der Waals surface area contributed by atoms with Crippen molar-refractivity contribution >= 4 is 5.91 Å². The van der Waals surface area contributed by atoms with E-state index in [1.54, 1.807) is 0 Å². The molecule has 0 aliphatic carbocycles. The molecule has 1 aromatic heterocycles. The first-order valence-corrected chi connectivity index (χ1v) is 5.50. The summed E-state index contributed by atoms with van der Waals surface area (Å²) < 4.78 is 0. The van der Waals surface area contributed by atoms with Crippen LogP contribution in [0.25, 0.3) is 0 Å². The summed E-state index contributed by atoms with van der Waals surface area (Å²) in [4.78, 5) is 15.5. The number of hydrogen-bond acceptors (Lipinski definition) is 5. The van der Waals surface area contributed by atoms with Crippen molar-refractivity contribution in [1.82, 2.24) is 15.6 Å². The maximum Gasteiger partial charge on any atom is 0.253 e. The Morgan fingerprint density at radius 1 is 1.53 bits per heavy atom. The first kappa shape index (κ1) is 11.8. The highest BCUT2D eigenvalue weighted by atomic mass is 16.3. The topological polar surface area (TPSA) is 94.5 Å². The highest BCUT2D eigenvalue weighted by Crippen LogP contribution is 2.10. The second kappa shape index (κ2) is 5.11. The standard InChI is InChI=1S/C11H15N3O3/c15-8-3-7(4-13-5-8)11(17)14-9-1-2-12-6-10(9)16/h3-5,9-10,12,15-16H,1-2,6H2,(H,14,17)/t9-,10-/m1/s1. The first-order chi connectivity index (χ1) is 8.16. The lowest BCUT2D eigenvalue weighted by Crippen LogP contribution is -2.52. The number of aliphatic hydroxyl groups is 1. The van der Waals surface area contributed by atoms with E-state index < -0.39 is 6.10 Å². The fourth-order valence-corrected chi connectivity index (χ4v) is 1.81. The summed E-state index contributed by atoms with van der Waals surface area (Å²) in [6, 6.07) is 1.08. The van der Waals surface area contributed by atoms with Gasteiger partial charge >= 0.3 is 0 Å². The lowest BCUT2D eigenvalue weighted by molar-refractivity contribution is 0.0765. The van der Waals surface area contributed by atoms with Gasteiger partial charge in [0.25, 0.3) is 5.91 Å². The number of nitrogens with one attached hydrogen (secondary N) is 2. The van der Waals surface area contributed by atoms with Crippen LogP contribution in [0.4, 0.5) is 0 Å². The van der Waals surface area contributed by atoms with Crippen LogP contribution in [0.1, 0.15) is 16.8 Å². The molecule has 1 fully saturated rings. The molecule has 2 atom stereocenters. The van der Waals surface area contributed by atoms with Crippen LogP contribution in [0.5, 0.6) is 5.75 Å². The summed E-state index contributed by atoms with van der Waals surface area (Å²) in [5.41, 5.74) is 0.288. The van der Waals surface area contributed by atoms with Gasteiger partial charge in [-0.15, -0.1) is 0 Å². The summed E-state index contributed by atoms with van der Waals surface area (Å²) >= 11 is 0. The minimum Gasteiger partial charge on any atom is -0.506 e. The summed E-state index contributed by atoms with van der Waals surface area (Å²) in [5.74, 6) is -0.386. The molecule has 1 aliphatic rings. The smallest absolute Gasteiger partial charge is 0.253 e. The van der Waals surface area contributed by atoms with E-state index >= 15 is 0 Å². The quantitative estimate of drug-likeness (QED) is 0.542. The summed E-state index contributed by atoms with van der Waals surface area (Å²) in [6.45, 7) is 1.24. The van der Waals surface area contributed by atoms with Crippen LogP contribution in [-0.2, 0) is 0 Å². The molecule has 6 heteroatoms.